The van der Waals surface area contributed by atoms with E-state index in [0.717, 1.165) is 36.1 Å². The lowest BCUT2D eigenvalue weighted by molar-refractivity contribution is 0.0734. The highest BCUT2D eigenvalue weighted by Gasteiger charge is 2.28. The summed E-state index contributed by atoms with van der Waals surface area (Å²) in [5, 5.41) is 0. The Morgan fingerprint density at radius 3 is 1.77 bits per heavy atom. The van der Waals surface area contributed by atoms with E-state index in [-0.39, 0.29) is 11.9 Å². The van der Waals surface area contributed by atoms with Crippen molar-refractivity contribution in [3.63, 3.8) is 0 Å². The average molecular weight is 599 g/mol. The zero-order valence-electron chi connectivity index (χ0n) is 27.0. The van der Waals surface area contributed by atoms with Gasteiger partial charge in [-0.15, -0.1) is 0 Å². The summed E-state index contributed by atoms with van der Waals surface area (Å²) in [7, 11) is 0. The van der Waals surface area contributed by atoms with Crippen LogP contribution in [0, 0.1) is 0 Å². The smallest absolute Gasteiger partial charge is 0.343 e. The summed E-state index contributed by atoms with van der Waals surface area (Å²) >= 11 is 0. The summed E-state index contributed by atoms with van der Waals surface area (Å²) in [4.78, 5) is 26.2. The highest BCUT2D eigenvalue weighted by atomic mass is 16.5. The summed E-state index contributed by atoms with van der Waals surface area (Å²) in [6.07, 6.45) is 17.4. The first-order valence-electron chi connectivity index (χ1n) is 16.9. The summed E-state index contributed by atoms with van der Waals surface area (Å²) in [6, 6.07) is 18.0. The third-order valence-electron chi connectivity index (χ3n) is 8.38. The topological polar surface area (TPSA) is 61.8 Å². The fourth-order valence-electron chi connectivity index (χ4n) is 5.78. The number of benzene rings is 3. The summed E-state index contributed by atoms with van der Waals surface area (Å²) in [6.45, 7) is 7.21. The molecule has 1 aliphatic rings. The van der Waals surface area contributed by atoms with Crippen molar-refractivity contribution in [1.82, 2.24) is 0 Å². The van der Waals surface area contributed by atoms with E-state index in [1.54, 1.807) is 36.4 Å². The Labute approximate surface area is 264 Å². The van der Waals surface area contributed by atoms with Crippen molar-refractivity contribution in [2.75, 3.05) is 6.61 Å². The van der Waals surface area contributed by atoms with Crippen molar-refractivity contribution in [1.29, 1.82) is 0 Å². The minimum atomic E-state index is -0.470. The highest BCUT2D eigenvalue weighted by molar-refractivity contribution is 6.22. The summed E-state index contributed by atoms with van der Waals surface area (Å²) in [5.41, 5.74) is 3.31. The van der Waals surface area contributed by atoms with Crippen molar-refractivity contribution >= 4 is 11.8 Å². The van der Waals surface area contributed by atoms with E-state index in [1.807, 2.05) is 24.3 Å². The minimum absolute atomic E-state index is 0.0811. The Morgan fingerprint density at radius 1 is 0.614 bits per heavy atom. The molecule has 0 aromatic heterocycles. The number of hydrogen-bond acceptors (Lipinski definition) is 5. The van der Waals surface area contributed by atoms with Gasteiger partial charge in [0.1, 0.15) is 17.2 Å². The van der Waals surface area contributed by atoms with Crippen LogP contribution in [0.1, 0.15) is 137 Å². The average Bonchev–Trinajstić information content (AvgIpc) is 3.30. The molecule has 5 nitrogen and oxygen atoms in total. The van der Waals surface area contributed by atoms with E-state index in [9.17, 15) is 9.59 Å². The van der Waals surface area contributed by atoms with Gasteiger partial charge in [0.25, 0.3) is 0 Å². The Hall–Kier alpha value is -3.60. The monoisotopic (exact) mass is 598 g/mol. The molecule has 0 N–H and O–H groups in total. The van der Waals surface area contributed by atoms with Gasteiger partial charge in [-0.2, -0.15) is 0 Å². The molecule has 0 radical (unpaired) electrons. The molecule has 0 fully saturated rings. The van der Waals surface area contributed by atoms with Gasteiger partial charge in [-0.3, -0.25) is 4.79 Å². The molecular formula is C39H50O5. The van der Waals surface area contributed by atoms with Gasteiger partial charge in [0.15, 0.2) is 5.78 Å². The Morgan fingerprint density at radius 2 is 1.14 bits per heavy atom. The van der Waals surface area contributed by atoms with Gasteiger partial charge in [0.2, 0.25) is 0 Å². The van der Waals surface area contributed by atoms with Gasteiger partial charge in [-0.05, 0) is 98.0 Å². The molecule has 44 heavy (non-hydrogen) atoms. The van der Waals surface area contributed by atoms with E-state index in [0.29, 0.717) is 34.8 Å². The predicted octanol–water partition coefficient (Wildman–Crippen LogP) is 10.8. The van der Waals surface area contributed by atoms with Crippen molar-refractivity contribution in [3.8, 4) is 28.4 Å². The van der Waals surface area contributed by atoms with E-state index < -0.39 is 5.97 Å². The molecule has 0 bridgehead atoms. The van der Waals surface area contributed by atoms with Crippen LogP contribution in [-0.4, -0.2) is 24.5 Å². The Bertz CT molecular complexity index is 1340. The summed E-state index contributed by atoms with van der Waals surface area (Å²) < 4.78 is 17.6. The fraction of sp³-hybridized carbons (Fsp3) is 0.487. The van der Waals surface area contributed by atoms with Crippen LogP contribution in [0.15, 0.2) is 60.7 Å². The lowest BCUT2D eigenvalue weighted by Crippen LogP contribution is -2.11. The molecule has 1 atom stereocenters. The maximum absolute atomic E-state index is 13.3. The van der Waals surface area contributed by atoms with Crippen LogP contribution in [0.25, 0.3) is 11.1 Å². The molecule has 3 aromatic carbocycles. The largest absolute Gasteiger partial charge is 0.494 e. The normalized spacial score (nSPS) is 12.5. The van der Waals surface area contributed by atoms with E-state index in [1.165, 1.54) is 70.6 Å². The van der Waals surface area contributed by atoms with E-state index >= 15 is 0 Å². The zero-order valence-corrected chi connectivity index (χ0v) is 27.0. The van der Waals surface area contributed by atoms with Crippen molar-refractivity contribution in [2.45, 2.75) is 117 Å². The second kappa shape index (κ2) is 17.6. The molecule has 0 saturated heterocycles. The van der Waals surface area contributed by atoms with Gasteiger partial charge < -0.3 is 14.2 Å². The number of esters is 1. The molecule has 1 aliphatic carbocycles. The molecule has 236 valence electrons. The number of ether oxygens (including phenoxy) is 3. The molecule has 3 aromatic rings. The lowest BCUT2D eigenvalue weighted by atomic mass is 10.1. The van der Waals surface area contributed by atoms with Gasteiger partial charge in [0.05, 0.1) is 18.3 Å². The molecular weight excluding hydrogens is 548 g/mol. The Kier molecular flexibility index (Phi) is 13.3. The van der Waals surface area contributed by atoms with Crippen molar-refractivity contribution in [2.24, 2.45) is 0 Å². The SMILES string of the molecule is CCCCCCCCCCCOc1ccc(C(=O)Oc2ccc3c(c2)C(=O)c2cc(O[C@H](C)CCCCCC)ccc2-3)cc1. The number of ketones is 1. The number of unbranched alkanes of at least 4 members (excludes halogenated alkanes) is 11. The molecule has 0 amide bonds. The second-order valence-electron chi connectivity index (χ2n) is 12.1. The van der Waals surface area contributed by atoms with Crippen LogP contribution in [-0.2, 0) is 0 Å². The van der Waals surface area contributed by atoms with Gasteiger partial charge in [-0.25, -0.2) is 4.79 Å². The highest BCUT2D eigenvalue weighted by Crippen LogP contribution is 2.40. The molecule has 0 unspecified atom stereocenters. The third kappa shape index (κ3) is 9.70. The fourth-order valence-corrected chi connectivity index (χ4v) is 5.78. The number of rotatable bonds is 20. The maximum Gasteiger partial charge on any atom is 0.343 e. The number of hydrogen-bond donors (Lipinski definition) is 0. The van der Waals surface area contributed by atoms with E-state index in [2.05, 4.69) is 20.8 Å². The molecule has 0 saturated carbocycles. The first-order valence-corrected chi connectivity index (χ1v) is 16.9. The molecule has 0 heterocycles. The van der Waals surface area contributed by atoms with Crippen molar-refractivity contribution in [3.05, 3.63) is 77.4 Å². The van der Waals surface area contributed by atoms with Crippen LogP contribution in [0.2, 0.25) is 0 Å². The number of fused-ring (bicyclic) bond motifs is 3. The third-order valence-corrected chi connectivity index (χ3v) is 8.38. The minimum Gasteiger partial charge on any atom is -0.494 e. The standard InChI is InChI=1S/C39H50O5/c1-4-6-8-10-11-12-13-14-16-26-42-31-20-18-30(19-21-31)39(41)44-33-23-25-35-34-24-22-32(27-36(34)38(40)37(35)28-33)43-29(3)17-15-9-7-5-2/h18-25,27-29H,4-17,26H2,1-3H3/t29-/m1/s1. The predicted molar refractivity (Wildman–Crippen MR) is 178 cm³/mol. The van der Waals surface area contributed by atoms with Crippen LogP contribution in [0.5, 0.6) is 17.2 Å². The number of carbonyl (C=O) groups is 2. The first-order chi connectivity index (χ1) is 21.5. The first kappa shape index (κ1) is 33.3. The number of carbonyl (C=O) groups excluding carboxylic acids is 2. The Balaban J connectivity index is 1.24. The zero-order chi connectivity index (χ0) is 31.1. The maximum atomic E-state index is 13.3. The van der Waals surface area contributed by atoms with Crippen LogP contribution in [0.3, 0.4) is 0 Å². The lowest BCUT2D eigenvalue weighted by Gasteiger charge is -2.15. The van der Waals surface area contributed by atoms with Gasteiger partial charge >= 0.3 is 5.97 Å². The van der Waals surface area contributed by atoms with Crippen molar-refractivity contribution < 1.29 is 23.8 Å². The summed E-state index contributed by atoms with van der Waals surface area (Å²) in [5.74, 6) is 1.25. The van der Waals surface area contributed by atoms with Gasteiger partial charge in [0, 0.05) is 11.1 Å². The van der Waals surface area contributed by atoms with Gasteiger partial charge in [-0.1, -0.05) is 84.5 Å². The van der Waals surface area contributed by atoms with Crippen LogP contribution >= 0.6 is 0 Å². The van der Waals surface area contributed by atoms with Crippen LogP contribution in [0.4, 0.5) is 0 Å². The molecule has 5 heteroatoms. The molecule has 0 spiro atoms. The van der Waals surface area contributed by atoms with E-state index in [4.69, 9.17) is 14.2 Å². The molecule has 4 rings (SSSR count). The second-order valence-corrected chi connectivity index (χ2v) is 12.1. The molecule has 0 aliphatic heterocycles. The van der Waals surface area contributed by atoms with Crippen LogP contribution < -0.4 is 14.2 Å². The quantitative estimate of drug-likeness (QED) is 0.0575.